The summed E-state index contributed by atoms with van der Waals surface area (Å²) in [5.74, 6) is 1.26. The molecule has 1 aliphatic rings. The Balaban J connectivity index is 1.54. The Labute approximate surface area is 181 Å². The van der Waals surface area contributed by atoms with E-state index in [-0.39, 0.29) is 18.2 Å². The molecule has 31 heavy (non-hydrogen) atoms. The second-order valence-corrected chi connectivity index (χ2v) is 8.69. The van der Waals surface area contributed by atoms with Gasteiger partial charge < -0.3 is 24.7 Å². The second-order valence-electron chi connectivity index (χ2n) is 8.69. The molecule has 4 rings (SSSR count). The van der Waals surface area contributed by atoms with Gasteiger partial charge in [0, 0.05) is 28.2 Å². The number of nitrogens with one attached hydrogen (secondary N) is 2. The Morgan fingerprint density at radius 1 is 1.19 bits per heavy atom. The first kappa shape index (κ1) is 20.8. The average molecular weight is 421 g/mol. The van der Waals surface area contributed by atoms with Crippen LogP contribution < -0.4 is 19.7 Å². The van der Waals surface area contributed by atoms with E-state index in [1.165, 1.54) is 0 Å². The average Bonchev–Trinajstić information content (AvgIpc) is 3.13. The summed E-state index contributed by atoms with van der Waals surface area (Å²) in [6.07, 6.45) is 2.06. The van der Waals surface area contributed by atoms with Crippen molar-refractivity contribution >= 4 is 34.1 Å². The molecule has 0 fully saturated rings. The lowest BCUT2D eigenvalue weighted by Gasteiger charge is -2.34. The Morgan fingerprint density at radius 2 is 2.00 bits per heavy atom. The van der Waals surface area contributed by atoms with E-state index in [4.69, 9.17) is 9.47 Å². The van der Waals surface area contributed by atoms with Gasteiger partial charge in [-0.1, -0.05) is 20.8 Å². The van der Waals surface area contributed by atoms with E-state index in [1.807, 2.05) is 45.2 Å². The summed E-state index contributed by atoms with van der Waals surface area (Å²) in [4.78, 5) is 30.5. The molecule has 2 N–H and O–H groups in total. The van der Waals surface area contributed by atoms with Gasteiger partial charge in [-0.2, -0.15) is 0 Å². The minimum atomic E-state index is -0.510. The topological polar surface area (TPSA) is 83.7 Å². The van der Waals surface area contributed by atoms with Gasteiger partial charge in [0.2, 0.25) is 11.8 Å². The largest absolute Gasteiger partial charge is 0.497 e. The molecule has 0 bridgehead atoms. The number of anilines is 2. The Bertz CT molecular complexity index is 1140. The number of nitrogens with zero attached hydrogens (tertiary/aromatic N) is 1. The van der Waals surface area contributed by atoms with Crippen LogP contribution in [0.3, 0.4) is 0 Å². The monoisotopic (exact) mass is 421 g/mol. The molecule has 0 unspecified atom stereocenters. The number of aromatic amines is 1. The SMILES string of the molecule is COc1ccc2[nH]cc(CC(=O)Nc3ccc4c(c3)N(C(=O)C(C)(C)C)CCO4)c2c1. The zero-order valence-electron chi connectivity index (χ0n) is 18.2. The highest BCUT2D eigenvalue weighted by molar-refractivity contribution is 6.00. The lowest BCUT2D eigenvalue weighted by molar-refractivity contribution is -0.126. The van der Waals surface area contributed by atoms with Gasteiger partial charge in [-0.05, 0) is 42.0 Å². The van der Waals surface area contributed by atoms with Gasteiger partial charge in [0.25, 0.3) is 0 Å². The van der Waals surface area contributed by atoms with Crippen LogP contribution in [0.5, 0.6) is 11.5 Å². The van der Waals surface area contributed by atoms with Crippen molar-refractivity contribution in [2.24, 2.45) is 5.41 Å². The molecule has 0 aliphatic carbocycles. The summed E-state index contributed by atoms with van der Waals surface area (Å²) in [7, 11) is 1.62. The Kier molecular flexibility index (Phi) is 5.35. The number of benzene rings is 2. The maximum Gasteiger partial charge on any atom is 0.232 e. The van der Waals surface area contributed by atoms with Crippen molar-refractivity contribution in [2.45, 2.75) is 27.2 Å². The molecular weight excluding hydrogens is 394 g/mol. The number of methoxy groups -OCH3 is 1. The summed E-state index contributed by atoms with van der Waals surface area (Å²) in [5.41, 5.74) is 2.63. The van der Waals surface area contributed by atoms with Crippen LogP contribution in [0, 0.1) is 5.41 Å². The lowest BCUT2D eigenvalue weighted by atomic mass is 9.94. The van der Waals surface area contributed by atoms with Gasteiger partial charge in [-0.3, -0.25) is 9.59 Å². The molecular formula is C24H27N3O4. The number of hydrogen-bond acceptors (Lipinski definition) is 4. The quantitative estimate of drug-likeness (QED) is 0.664. The van der Waals surface area contributed by atoms with Crippen LogP contribution in [0.2, 0.25) is 0 Å². The number of hydrogen-bond donors (Lipinski definition) is 2. The fourth-order valence-corrected chi connectivity index (χ4v) is 3.72. The molecule has 3 aromatic rings. The normalized spacial score (nSPS) is 13.5. The van der Waals surface area contributed by atoms with Gasteiger partial charge in [0.05, 0.1) is 25.8 Å². The fourth-order valence-electron chi connectivity index (χ4n) is 3.72. The smallest absolute Gasteiger partial charge is 0.232 e. The van der Waals surface area contributed by atoms with Crippen LogP contribution in [0.4, 0.5) is 11.4 Å². The van der Waals surface area contributed by atoms with Crippen LogP contribution in [0.15, 0.2) is 42.6 Å². The van der Waals surface area contributed by atoms with Gasteiger partial charge >= 0.3 is 0 Å². The summed E-state index contributed by atoms with van der Waals surface area (Å²) < 4.78 is 11.0. The van der Waals surface area contributed by atoms with Crippen LogP contribution in [-0.2, 0) is 16.0 Å². The van der Waals surface area contributed by atoms with Crippen molar-refractivity contribution in [2.75, 3.05) is 30.5 Å². The summed E-state index contributed by atoms with van der Waals surface area (Å²) in [6.45, 7) is 6.62. The van der Waals surface area contributed by atoms with Crippen LogP contribution in [0.25, 0.3) is 10.9 Å². The van der Waals surface area contributed by atoms with E-state index in [0.29, 0.717) is 30.3 Å². The van der Waals surface area contributed by atoms with Crippen molar-refractivity contribution in [3.05, 3.63) is 48.2 Å². The summed E-state index contributed by atoms with van der Waals surface area (Å²) in [6, 6.07) is 11.1. The summed E-state index contributed by atoms with van der Waals surface area (Å²) >= 11 is 0. The third-order valence-electron chi connectivity index (χ3n) is 5.32. The van der Waals surface area contributed by atoms with E-state index in [9.17, 15) is 9.59 Å². The molecule has 162 valence electrons. The molecule has 0 atom stereocenters. The van der Waals surface area contributed by atoms with E-state index in [2.05, 4.69) is 10.3 Å². The molecule has 1 aromatic heterocycles. The van der Waals surface area contributed by atoms with E-state index in [0.717, 1.165) is 22.2 Å². The minimum absolute atomic E-state index is 0.0215. The third-order valence-corrected chi connectivity index (χ3v) is 5.32. The molecule has 0 saturated carbocycles. The lowest BCUT2D eigenvalue weighted by Crippen LogP contribution is -2.44. The molecule has 2 amide bonds. The Morgan fingerprint density at radius 3 is 2.74 bits per heavy atom. The van der Waals surface area contributed by atoms with Crippen molar-refractivity contribution < 1.29 is 19.1 Å². The van der Waals surface area contributed by atoms with Crippen molar-refractivity contribution in [1.29, 1.82) is 0 Å². The highest BCUT2D eigenvalue weighted by atomic mass is 16.5. The molecule has 2 aromatic carbocycles. The van der Waals surface area contributed by atoms with Crippen molar-refractivity contribution in [1.82, 2.24) is 4.98 Å². The number of rotatable bonds is 4. The standard InChI is InChI=1S/C24H27N3O4/c1-24(2,3)23(29)27-9-10-31-21-8-5-16(12-20(21)27)26-22(28)11-15-14-25-19-7-6-17(30-4)13-18(15)19/h5-8,12-14,25H,9-11H2,1-4H3,(H,26,28). The maximum atomic E-state index is 12.9. The number of carbonyl (C=O) groups excluding carboxylic acids is 2. The first-order valence-electron chi connectivity index (χ1n) is 10.3. The first-order chi connectivity index (χ1) is 14.8. The minimum Gasteiger partial charge on any atom is -0.497 e. The molecule has 2 heterocycles. The first-order valence-corrected chi connectivity index (χ1v) is 10.3. The van der Waals surface area contributed by atoms with Crippen molar-refractivity contribution in [3.63, 3.8) is 0 Å². The molecule has 0 spiro atoms. The zero-order valence-corrected chi connectivity index (χ0v) is 18.2. The molecule has 1 aliphatic heterocycles. The second kappa shape index (κ2) is 7.98. The molecule has 0 saturated heterocycles. The van der Waals surface area contributed by atoms with Gasteiger partial charge in [-0.25, -0.2) is 0 Å². The predicted octanol–water partition coefficient (Wildman–Crippen LogP) is 4.13. The zero-order chi connectivity index (χ0) is 22.2. The molecule has 7 nitrogen and oxygen atoms in total. The maximum absolute atomic E-state index is 12.9. The fraction of sp³-hybridized carbons (Fsp3) is 0.333. The summed E-state index contributed by atoms with van der Waals surface area (Å²) in [5, 5.41) is 3.90. The predicted molar refractivity (Wildman–Crippen MR) is 121 cm³/mol. The van der Waals surface area contributed by atoms with E-state index >= 15 is 0 Å². The molecule has 0 radical (unpaired) electrons. The number of carbonyl (C=O) groups is 2. The van der Waals surface area contributed by atoms with Crippen molar-refractivity contribution in [3.8, 4) is 11.5 Å². The van der Waals surface area contributed by atoms with E-state index in [1.54, 1.807) is 30.2 Å². The van der Waals surface area contributed by atoms with Gasteiger partial charge in [-0.15, -0.1) is 0 Å². The van der Waals surface area contributed by atoms with Crippen LogP contribution in [0.1, 0.15) is 26.3 Å². The van der Waals surface area contributed by atoms with Gasteiger partial charge in [0.15, 0.2) is 0 Å². The number of ether oxygens (including phenoxy) is 2. The van der Waals surface area contributed by atoms with Crippen LogP contribution >= 0.6 is 0 Å². The third kappa shape index (κ3) is 4.21. The van der Waals surface area contributed by atoms with E-state index < -0.39 is 5.41 Å². The van der Waals surface area contributed by atoms with Gasteiger partial charge in [0.1, 0.15) is 18.1 Å². The number of fused-ring (bicyclic) bond motifs is 2. The number of amides is 2. The number of aromatic nitrogens is 1. The number of H-pyrrole nitrogens is 1. The molecule has 7 heteroatoms. The highest BCUT2D eigenvalue weighted by Gasteiger charge is 2.32. The van der Waals surface area contributed by atoms with Crippen LogP contribution in [-0.4, -0.2) is 37.1 Å². The Hall–Kier alpha value is -3.48. The highest BCUT2D eigenvalue weighted by Crippen LogP contribution is 2.36.